The molecule has 0 radical (unpaired) electrons. The van der Waals surface area contributed by atoms with Crippen molar-refractivity contribution in [2.24, 2.45) is 0 Å². The average Bonchev–Trinajstić information content (AvgIpc) is 2.83. The molecule has 0 spiro atoms. The minimum Gasteiger partial charge on any atom is -0.345 e. The number of aromatic nitrogens is 3. The molecule has 0 atom stereocenters. The van der Waals surface area contributed by atoms with Gasteiger partial charge in [-0.15, -0.1) is 11.3 Å². The first-order valence-electron chi connectivity index (χ1n) is 4.69. The third-order valence-corrected chi connectivity index (χ3v) is 3.29. The Morgan fingerprint density at radius 1 is 1.40 bits per heavy atom. The third-order valence-electron chi connectivity index (χ3n) is 2.30. The Morgan fingerprint density at radius 3 is 3.13 bits per heavy atom. The summed E-state index contributed by atoms with van der Waals surface area (Å²) < 4.78 is 0. The van der Waals surface area contributed by atoms with Gasteiger partial charge in [0.05, 0.1) is 0 Å². The first-order chi connectivity index (χ1) is 7.34. The van der Waals surface area contributed by atoms with Crippen molar-refractivity contribution in [2.75, 3.05) is 0 Å². The Bertz CT molecular complexity index is 609. The number of nitrogens with zero attached hydrogens (tertiary/aromatic N) is 2. The third kappa shape index (κ3) is 1.34. The fraction of sp³-hybridized carbons (Fsp3) is 0.0909. The van der Waals surface area contributed by atoms with Gasteiger partial charge in [-0.25, -0.2) is 9.97 Å². The number of hydrogen-bond donors (Lipinski definition) is 1. The number of thiazole rings is 1. The van der Waals surface area contributed by atoms with Crippen molar-refractivity contribution in [1.82, 2.24) is 15.0 Å². The van der Waals surface area contributed by atoms with Crippen LogP contribution in [0.25, 0.3) is 21.6 Å². The molecule has 0 saturated carbocycles. The molecule has 0 unspecified atom stereocenters. The molecule has 0 bridgehead atoms. The molecule has 3 nitrogen and oxygen atoms in total. The van der Waals surface area contributed by atoms with Gasteiger partial charge >= 0.3 is 0 Å². The number of fused-ring (bicyclic) bond motifs is 1. The minimum absolute atomic E-state index is 0.917. The van der Waals surface area contributed by atoms with E-state index in [1.165, 1.54) is 0 Å². The Hall–Kier alpha value is -1.68. The summed E-state index contributed by atoms with van der Waals surface area (Å²) in [5.41, 5.74) is 3.12. The van der Waals surface area contributed by atoms with E-state index in [4.69, 9.17) is 0 Å². The van der Waals surface area contributed by atoms with Crippen molar-refractivity contribution in [1.29, 1.82) is 0 Å². The normalized spacial score (nSPS) is 11.0. The molecule has 3 rings (SSSR count). The van der Waals surface area contributed by atoms with Gasteiger partial charge in [0.2, 0.25) is 0 Å². The number of rotatable bonds is 1. The van der Waals surface area contributed by atoms with Crippen molar-refractivity contribution in [3.8, 4) is 10.6 Å². The maximum Gasteiger partial charge on any atom is 0.137 e. The van der Waals surface area contributed by atoms with E-state index in [1.54, 1.807) is 17.5 Å². The van der Waals surface area contributed by atoms with Crippen LogP contribution in [0.15, 0.2) is 29.9 Å². The summed E-state index contributed by atoms with van der Waals surface area (Å²) in [5, 5.41) is 4.24. The predicted molar refractivity (Wildman–Crippen MR) is 61.9 cm³/mol. The second-order valence-electron chi connectivity index (χ2n) is 3.40. The summed E-state index contributed by atoms with van der Waals surface area (Å²) in [6.07, 6.45) is 3.76. The van der Waals surface area contributed by atoms with Gasteiger partial charge in [-0.1, -0.05) is 0 Å². The van der Waals surface area contributed by atoms with Gasteiger partial charge in [0.15, 0.2) is 0 Å². The largest absolute Gasteiger partial charge is 0.345 e. The first kappa shape index (κ1) is 8.61. The van der Waals surface area contributed by atoms with Gasteiger partial charge in [-0.05, 0) is 19.1 Å². The summed E-state index contributed by atoms with van der Waals surface area (Å²) >= 11 is 1.66. The van der Waals surface area contributed by atoms with Crippen LogP contribution in [0, 0.1) is 6.92 Å². The van der Waals surface area contributed by atoms with Crippen LogP contribution < -0.4 is 0 Å². The van der Waals surface area contributed by atoms with Crippen LogP contribution in [0.5, 0.6) is 0 Å². The molecule has 3 aromatic heterocycles. The highest BCUT2D eigenvalue weighted by atomic mass is 32.1. The summed E-state index contributed by atoms with van der Waals surface area (Å²) in [7, 11) is 0. The monoisotopic (exact) mass is 215 g/mol. The molecule has 0 aliphatic carbocycles. The van der Waals surface area contributed by atoms with Crippen molar-refractivity contribution in [2.45, 2.75) is 6.92 Å². The molecule has 15 heavy (non-hydrogen) atoms. The van der Waals surface area contributed by atoms with Gasteiger partial charge in [-0.3, -0.25) is 0 Å². The lowest BCUT2D eigenvalue weighted by Crippen LogP contribution is -1.75. The summed E-state index contributed by atoms with van der Waals surface area (Å²) in [6, 6.07) is 4.00. The molecule has 3 heterocycles. The number of hydrogen-bond acceptors (Lipinski definition) is 3. The number of H-pyrrole nitrogens is 1. The minimum atomic E-state index is 0.917. The second kappa shape index (κ2) is 3.17. The summed E-state index contributed by atoms with van der Waals surface area (Å²) in [5.74, 6) is 0. The smallest absolute Gasteiger partial charge is 0.137 e. The maximum atomic E-state index is 4.47. The summed E-state index contributed by atoms with van der Waals surface area (Å²) in [6.45, 7) is 2.01. The van der Waals surface area contributed by atoms with Crippen LogP contribution in [0.1, 0.15) is 5.69 Å². The fourth-order valence-corrected chi connectivity index (χ4v) is 2.44. The van der Waals surface area contributed by atoms with Gasteiger partial charge in [0, 0.05) is 34.4 Å². The van der Waals surface area contributed by atoms with Crippen LogP contribution in [-0.2, 0) is 0 Å². The molecule has 0 aliphatic heterocycles. The van der Waals surface area contributed by atoms with Gasteiger partial charge in [0.1, 0.15) is 10.7 Å². The van der Waals surface area contributed by atoms with E-state index < -0.39 is 0 Å². The average molecular weight is 215 g/mol. The molecule has 0 saturated heterocycles. The zero-order valence-electron chi connectivity index (χ0n) is 8.19. The van der Waals surface area contributed by atoms with Crippen molar-refractivity contribution in [3.63, 3.8) is 0 Å². The van der Waals surface area contributed by atoms with Crippen LogP contribution in [-0.4, -0.2) is 15.0 Å². The number of aryl methyl sites for hydroxylation is 1. The van der Waals surface area contributed by atoms with E-state index >= 15 is 0 Å². The predicted octanol–water partition coefficient (Wildman–Crippen LogP) is 2.99. The molecule has 4 heteroatoms. The molecule has 74 valence electrons. The van der Waals surface area contributed by atoms with E-state index in [1.807, 2.05) is 19.2 Å². The highest BCUT2D eigenvalue weighted by Crippen LogP contribution is 2.29. The second-order valence-corrected chi connectivity index (χ2v) is 4.25. The van der Waals surface area contributed by atoms with Gasteiger partial charge in [-0.2, -0.15) is 0 Å². The number of nitrogens with one attached hydrogen (secondary N) is 1. The van der Waals surface area contributed by atoms with E-state index in [0.29, 0.717) is 0 Å². The van der Waals surface area contributed by atoms with Gasteiger partial charge < -0.3 is 4.98 Å². The van der Waals surface area contributed by atoms with E-state index in [2.05, 4.69) is 26.4 Å². The van der Waals surface area contributed by atoms with Crippen LogP contribution >= 0.6 is 11.3 Å². The lowest BCUT2D eigenvalue weighted by atomic mass is 10.2. The quantitative estimate of drug-likeness (QED) is 0.678. The molecular weight excluding hydrogens is 206 g/mol. The van der Waals surface area contributed by atoms with E-state index in [0.717, 1.165) is 27.3 Å². The number of aromatic amines is 1. The molecule has 0 fully saturated rings. The Labute approximate surface area is 90.8 Å². The first-order valence-corrected chi connectivity index (χ1v) is 5.57. The number of pyridine rings is 1. The van der Waals surface area contributed by atoms with E-state index in [9.17, 15) is 0 Å². The van der Waals surface area contributed by atoms with Crippen LogP contribution in [0.4, 0.5) is 0 Å². The standard InChI is InChI=1S/C11H9N3S/c1-7-6-15-11(14-7)9-5-13-10-8(9)3-2-4-12-10/h2-6H,1H3,(H,12,13). The van der Waals surface area contributed by atoms with Crippen molar-refractivity contribution in [3.05, 3.63) is 35.6 Å². The van der Waals surface area contributed by atoms with Crippen LogP contribution in [0.3, 0.4) is 0 Å². The van der Waals surface area contributed by atoms with Crippen molar-refractivity contribution >= 4 is 22.4 Å². The zero-order chi connectivity index (χ0) is 10.3. The SMILES string of the molecule is Cc1csc(-c2c[nH]c3ncccc23)n1. The van der Waals surface area contributed by atoms with Gasteiger partial charge in [0.25, 0.3) is 0 Å². The topological polar surface area (TPSA) is 41.6 Å². The molecule has 1 N–H and O–H groups in total. The Balaban J connectivity index is 2.27. The Morgan fingerprint density at radius 2 is 2.33 bits per heavy atom. The highest BCUT2D eigenvalue weighted by Gasteiger charge is 2.08. The Kier molecular flexibility index (Phi) is 1.82. The van der Waals surface area contributed by atoms with Crippen LogP contribution in [0.2, 0.25) is 0 Å². The fourth-order valence-electron chi connectivity index (χ4n) is 1.61. The molecule has 0 aliphatic rings. The highest BCUT2D eigenvalue weighted by molar-refractivity contribution is 7.13. The lowest BCUT2D eigenvalue weighted by Gasteiger charge is -1.91. The van der Waals surface area contributed by atoms with E-state index in [-0.39, 0.29) is 0 Å². The molecule has 0 amide bonds. The lowest BCUT2D eigenvalue weighted by molar-refractivity contribution is 1.27. The summed E-state index contributed by atoms with van der Waals surface area (Å²) in [4.78, 5) is 11.9. The zero-order valence-corrected chi connectivity index (χ0v) is 9.01. The molecular formula is C11H9N3S. The molecule has 3 aromatic rings. The molecule has 0 aromatic carbocycles. The maximum absolute atomic E-state index is 4.47. The van der Waals surface area contributed by atoms with Crippen molar-refractivity contribution < 1.29 is 0 Å².